The summed E-state index contributed by atoms with van der Waals surface area (Å²) in [6, 6.07) is 6.02. The molecule has 3 fully saturated rings. The summed E-state index contributed by atoms with van der Waals surface area (Å²) in [6.07, 6.45) is 10.9. The lowest BCUT2D eigenvalue weighted by atomic mass is 9.82. The zero-order valence-corrected chi connectivity index (χ0v) is 19.4. The van der Waals surface area contributed by atoms with Gasteiger partial charge < -0.3 is 20.3 Å². The van der Waals surface area contributed by atoms with Gasteiger partial charge in [-0.2, -0.15) is 0 Å². The van der Waals surface area contributed by atoms with Gasteiger partial charge in [0, 0.05) is 44.0 Å². The van der Waals surface area contributed by atoms with Crippen LogP contribution in [0.15, 0.2) is 23.3 Å². The second-order valence-corrected chi connectivity index (χ2v) is 8.40. The van der Waals surface area contributed by atoms with Crippen molar-refractivity contribution in [3.05, 3.63) is 23.9 Å². The molecule has 3 aliphatic rings. The van der Waals surface area contributed by atoms with E-state index in [4.69, 9.17) is 4.74 Å². The summed E-state index contributed by atoms with van der Waals surface area (Å²) >= 11 is 0. The van der Waals surface area contributed by atoms with Gasteiger partial charge in [-0.05, 0) is 63.1 Å². The number of rotatable bonds is 6. The quantitative estimate of drug-likeness (QED) is 0.358. The SMILES string of the molecule is CN=C(NCc1ccnc(OCC2CC2)c1)NC1CC2CCCC(C1)N2C.I. The van der Waals surface area contributed by atoms with E-state index in [0.29, 0.717) is 6.04 Å². The van der Waals surface area contributed by atoms with Crippen LogP contribution in [0.25, 0.3) is 0 Å². The predicted molar refractivity (Wildman–Crippen MR) is 123 cm³/mol. The average Bonchev–Trinajstić information content (AvgIpc) is 3.49. The number of nitrogens with zero attached hydrogens (tertiary/aromatic N) is 3. The van der Waals surface area contributed by atoms with Crippen LogP contribution in [-0.2, 0) is 6.54 Å². The van der Waals surface area contributed by atoms with Crippen molar-refractivity contribution in [3.63, 3.8) is 0 Å². The predicted octanol–water partition coefficient (Wildman–Crippen LogP) is 3.17. The Balaban J connectivity index is 0.00000225. The summed E-state index contributed by atoms with van der Waals surface area (Å²) in [5.74, 6) is 2.36. The molecule has 0 spiro atoms. The van der Waals surface area contributed by atoms with Crippen LogP contribution in [0, 0.1) is 5.92 Å². The molecule has 2 N–H and O–H groups in total. The van der Waals surface area contributed by atoms with Crippen LogP contribution in [0.1, 0.15) is 50.5 Å². The third kappa shape index (κ3) is 5.72. The maximum Gasteiger partial charge on any atom is 0.213 e. The monoisotopic (exact) mass is 499 g/mol. The van der Waals surface area contributed by atoms with Gasteiger partial charge in [0.05, 0.1) is 6.61 Å². The topological polar surface area (TPSA) is 61.8 Å². The Bertz CT molecular complexity index is 652. The van der Waals surface area contributed by atoms with Crippen LogP contribution >= 0.6 is 24.0 Å². The van der Waals surface area contributed by atoms with Crippen molar-refractivity contribution >= 4 is 29.9 Å². The van der Waals surface area contributed by atoms with Crippen LogP contribution in [0.4, 0.5) is 0 Å². The molecule has 2 unspecified atom stereocenters. The van der Waals surface area contributed by atoms with E-state index in [2.05, 4.69) is 32.6 Å². The van der Waals surface area contributed by atoms with Gasteiger partial charge >= 0.3 is 0 Å². The van der Waals surface area contributed by atoms with Gasteiger partial charge in [0.1, 0.15) is 0 Å². The van der Waals surface area contributed by atoms with E-state index in [1.807, 2.05) is 25.4 Å². The summed E-state index contributed by atoms with van der Waals surface area (Å²) < 4.78 is 5.79. The van der Waals surface area contributed by atoms with Gasteiger partial charge in [0.2, 0.25) is 5.88 Å². The molecule has 0 radical (unpaired) electrons. The first-order valence-corrected chi connectivity index (χ1v) is 10.5. The van der Waals surface area contributed by atoms with E-state index in [-0.39, 0.29) is 24.0 Å². The zero-order chi connectivity index (χ0) is 18.6. The number of fused-ring (bicyclic) bond motifs is 2. The van der Waals surface area contributed by atoms with E-state index in [1.54, 1.807) is 0 Å². The number of halogens is 1. The molecule has 28 heavy (non-hydrogen) atoms. The van der Waals surface area contributed by atoms with E-state index in [9.17, 15) is 0 Å². The molecule has 1 aromatic heterocycles. The largest absolute Gasteiger partial charge is 0.477 e. The molecule has 2 saturated heterocycles. The summed E-state index contributed by atoms with van der Waals surface area (Å²) in [5.41, 5.74) is 1.17. The maximum absolute atomic E-state index is 5.79. The van der Waals surface area contributed by atoms with Gasteiger partial charge in [-0.15, -0.1) is 24.0 Å². The number of ether oxygens (including phenoxy) is 1. The fourth-order valence-electron chi connectivity index (χ4n) is 4.43. The molecule has 2 aliphatic heterocycles. The van der Waals surface area contributed by atoms with Crippen molar-refractivity contribution in [2.75, 3.05) is 20.7 Å². The minimum atomic E-state index is 0. The highest BCUT2D eigenvalue weighted by Gasteiger charge is 2.36. The van der Waals surface area contributed by atoms with Crippen molar-refractivity contribution in [2.24, 2.45) is 10.9 Å². The van der Waals surface area contributed by atoms with Crippen molar-refractivity contribution < 1.29 is 4.74 Å². The van der Waals surface area contributed by atoms with E-state index in [1.165, 1.54) is 50.5 Å². The van der Waals surface area contributed by atoms with Gasteiger partial charge in [-0.1, -0.05) is 6.42 Å². The first-order valence-electron chi connectivity index (χ1n) is 10.5. The Labute approximate surface area is 185 Å². The molecule has 1 saturated carbocycles. The Kier molecular flexibility index (Phi) is 7.79. The van der Waals surface area contributed by atoms with Gasteiger partial charge in [-0.25, -0.2) is 4.98 Å². The molecule has 7 heteroatoms. The second-order valence-electron chi connectivity index (χ2n) is 8.40. The van der Waals surface area contributed by atoms with Crippen LogP contribution in [0.5, 0.6) is 5.88 Å². The Hall–Kier alpha value is -1.09. The molecule has 156 valence electrons. The lowest BCUT2D eigenvalue weighted by Gasteiger charge is -2.47. The third-order valence-corrected chi connectivity index (χ3v) is 6.33. The molecule has 2 atom stereocenters. The molecule has 0 amide bonds. The van der Waals surface area contributed by atoms with Crippen LogP contribution < -0.4 is 15.4 Å². The minimum absolute atomic E-state index is 0. The third-order valence-electron chi connectivity index (χ3n) is 6.33. The minimum Gasteiger partial charge on any atom is -0.477 e. The van der Waals surface area contributed by atoms with Gasteiger partial charge in [0.15, 0.2) is 5.96 Å². The molecule has 6 nitrogen and oxygen atoms in total. The fourth-order valence-corrected chi connectivity index (χ4v) is 4.43. The van der Waals surface area contributed by atoms with Crippen molar-refractivity contribution in [1.82, 2.24) is 20.5 Å². The Morgan fingerprint density at radius 1 is 1.25 bits per heavy atom. The van der Waals surface area contributed by atoms with Gasteiger partial charge in [0.25, 0.3) is 0 Å². The van der Waals surface area contributed by atoms with Crippen molar-refractivity contribution in [1.29, 1.82) is 0 Å². The molecular formula is C21H34IN5O. The van der Waals surface area contributed by atoms with Crippen LogP contribution in [-0.4, -0.2) is 54.7 Å². The molecule has 0 aromatic carbocycles. The first-order chi connectivity index (χ1) is 13.2. The number of hydrogen-bond donors (Lipinski definition) is 2. The number of piperidine rings is 2. The molecule has 1 aliphatic carbocycles. The molecule has 4 rings (SSSR count). The number of hydrogen-bond acceptors (Lipinski definition) is 4. The van der Waals surface area contributed by atoms with Crippen molar-refractivity contribution in [3.8, 4) is 5.88 Å². The average molecular weight is 499 g/mol. The Morgan fingerprint density at radius 3 is 2.68 bits per heavy atom. The highest BCUT2D eigenvalue weighted by molar-refractivity contribution is 14.0. The first kappa shape index (κ1) is 21.6. The summed E-state index contributed by atoms with van der Waals surface area (Å²) in [4.78, 5) is 11.3. The fraction of sp³-hybridized carbons (Fsp3) is 0.714. The van der Waals surface area contributed by atoms with E-state index in [0.717, 1.165) is 43.0 Å². The number of aliphatic imine (C=N–C) groups is 1. The molecule has 3 heterocycles. The van der Waals surface area contributed by atoms with Crippen LogP contribution in [0.3, 0.4) is 0 Å². The highest BCUT2D eigenvalue weighted by atomic mass is 127. The lowest BCUT2D eigenvalue weighted by Crippen LogP contribution is -2.56. The zero-order valence-electron chi connectivity index (χ0n) is 17.1. The summed E-state index contributed by atoms with van der Waals surface area (Å²) in [7, 11) is 4.14. The second kappa shape index (κ2) is 10.1. The van der Waals surface area contributed by atoms with Gasteiger partial charge in [-0.3, -0.25) is 4.99 Å². The summed E-state index contributed by atoms with van der Waals surface area (Å²) in [6.45, 7) is 1.52. The number of aromatic nitrogens is 1. The van der Waals surface area contributed by atoms with E-state index < -0.39 is 0 Å². The number of nitrogens with one attached hydrogen (secondary N) is 2. The normalized spacial score (nSPS) is 27.6. The van der Waals surface area contributed by atoms with Crippen LogP contribution in [0.2, 0.25) is 0 Å². The highest BCUT2D eigenvalue weighted by Crippen LogP contribution is 2.32. The number of pyridine rings is 1. The van der Waals surface area contributed by atoms with Crippen molar-refractivity contribution in [2.45, 2.75) is 69.6 Å². The van der Waals surface area contributed by atoms with E-state index >= 15 is 0 Å². The standard InChI is InChI=1S/C21H33N5O.HI/c1-22-21(25-17-11-18-4-3-5-19(12-17)26(18)2)24-13-16-8-9-23-20(10-16)27-14-15-6-7-15;/h8-10,15,17-19H,3-7,11-14H2,1-2H3,(H2,22,24,25);1H. The number of guanidine groups is 1. The Morgan fingerprint density at radius 2 is 2.00 bits per heavy atom. The molecule has 1 aromatic rings. The lowest BCUT2D eigenvalue weighted by molar-refractivity contribution is 0.0526. The summed E-state index contributed by atoms with van der Waals surface area (Å²) in [5, 5.41) is 7.11. The molecule has 2 bridgehead atoms. The maximum atomic E-state index is 5.79. The molecular weight excluding hydrogens is 465 g/mol. The smallest absolute Gasteiger partial charge is 0.213 e.